The number of carbonyl (C=O) groups excluding carboxylic acids is 1. The van der Waals surface area contributed by atoms with Crippen LogP contribution in [0.5, 0.6) is 0 Å². The topological polar surface area (TPSA) is 58.1 Å². The number of carbonyl (C=O) groups is 1. The van der Waals surface area contributed by atoms with Gasteiger partial charge in [0, 0.05) is 17.3 Å². The van der Waals surface area contributed by atoms with Crippen LogP contribution in [0.4, 0.5) is 17.2 Å². The maximum Gasteiger partial charge on any atom is 0.275 e. The molecule has 3 rings (SSSR count). The summed E-state index contributed by atoms with van der Waals surface area (Å²) in [5.41, 5.74) is 1.62. The van der Waals surface area contributed by atoms with Crippen molar-refractivity contribution in [3.8, 4) is 0 Å². The maximum atomic E-state index is 12.4. The Kier molecular flexibility index (Phi) is 5.71. The molecule has 2 aromatic carbocycles. The van der Waals surface area contributed by atoms with Crippen LogP contribution >= 0.6 is 23.2 Å². The first-order valence-corrected chi connectivity index (χ1v) is 8.75. The fourth-order valence-electron chi connectivity index (χ4n) is 2.44. The molecule has 0 saturated heterocycles. The Bertz CT molecular complexity index is 901. The summed E-state index contributed by atoms with van der Waals surface area (Å²) < 4.78 is 0. The molecule has 7 heteroatoms. The Morgan fingerprint density at radius 1 is 1.08 bits per heavy atom. The van der Waals surface area contributed by atoms with Crippen LogP contribution in [0.1, 0.15) is 17.4 Å². The van der Waals surface area contributed by atoms with E-state index in [0.29, 0.717) is 21.6 Å². The van der Waals surface area contributed by atoms with Crippen LogP contribution in [-0.4, -0.2) is 22.4 Å². The summed E-state index contributed by atoms with van der Waals surface area (Å²) in [6, 6.07) is 14.7. The summed E-state index contributed by atoms with van der Waals surface area (Å²) in [6.45, 7) is 2.75. The number of para-hydroxylation sites is 1. The molecule has 3 aromatic rings. The maximum absolute atomic E-state index is 12.4. The first-order valence-electron chi connectivity index (χ1n) is 7.99. The van der Waals surface area contributed by atoms with Crippen LogP contribution in [0, 0.1) is 0 Å². The van der Waals surface area contributed by atoms with Gasteiger partial charge in [0.1, 0.15) is 5.69 Å². The molecule has 0 fully saturated rings. The third kappa shape index (κ3) is 4.12. The second kappa shape index (κ2) is 8.17. The number of aromatic nitrogens is 2. The van der Waals surface area contributed by atoms with Crippen LogP contribution < -0.4 is 10.2 Å². The summed E-state index contributed by atoms with van der Waals surface area (Å²) in [5.74, 6) is 0.256. The second-order valence-electron chi connectivity index (χ2n) is 5.42. The lowest BCUT2D eigenvalue weighted by molar-refractivity contribution is 0.102. The highest BCUT2D eigenvalue weighted by atomic mass is 35.5. The average Bonchev–Trinajstić information content (AvgIpc) is 2.67. The van der Waals surface area contributed by atoms with Gasteiger partial charge in [0.2, 0.25) is 0 Å². The number of anilines is 3. The van der Waals surface area contributed by atoms with Gasteiger partial charge in [0.05, 0.1) is 23.1 Å². The fourth-order valence-corrected chi connectivity index (χ4v) is 2.78. The first kappa shape index (κ1) is 18.2. The Morgan fingerprint density at radius 3 is 2.50 bits per heavy atom. The molecule has 1 aromatic heterocycles. The Hall–Kier alpha value is -2.63. The van der Waals surface area contributed by atoms with Crippen LogP contribution in [0.2, 0.25) is 10.0 Å². The van der Waals surface area contributed by atoms with Crippen molar-refractivity contribution in [2.75, 3.05) is 16.8 Å². The molecule has 1 heterocycles. The number of benzene rings is 2. The van der Waals surface area contributed by atoms with Crippen LogP contribution in [0.3, 0.4) is 0 Å². The summed E-state index contributed by atoms with van der Waals surface area (Å²) >= 11 is 12.0. The third-order valence-corrected chi connectivity index (χ3v) is 4.27. The van der Waals surface area contributed by atoms with Gasteiger partial charge in [0.15, 0.2) is 5.82 Å². The molecule has 1 N–H and O–H groups in total. The molecule has 26 heavy (non-hydrogen) atoms. The average molecular weight is 387 g/mol. The number of amides is 1. The highest BCUT2D eigenvalue weighted by Crippen LogP contribution is 2.26. The molecular weight excluding hydrogens is 371 g/mol. The van der Waals surface area contributed by atoms with Crippen molar-refractivity contribution in [1.29, 1.82) is 0 Å². The zero-order valence-electron chi connectivity index (χ0n) is 14.0. The number of nitrogens with one attached hydrogen (secondary N) is 1. The zero-order valence-corrected chi connectivity index (χ0v) is 15.5. The van der Waals surface area contributed by atoms with Crippen LogP contribution in [-0.2, 0) is 0 Å². The van der Waals surface area contributed by atoms with Crippen molar-refractivity contribution >= 4 is 46.3 Å². The van der Waals surface area contributed by atoms with E-state index in [4.69, 9.17) is 23.2 Å². The quantitative estimate of drug-likeness (QED) is 0.654. The molecule has 0 bridgehead atoms. The minimum absolute atomic E-state index is 0.189. The summed E-state index contributed by atoms with van der Waals surface area (Å²) in [7, 11) is 0. The smallest absolute Gasteiger partial charge is 0.275 e. The largest absolute Gasteiger partial charge is 0.325 e. The number of hydrogen-bond acceptors (Lipinski definition) is 4. The third-order valence-electron chi connectivity index (χ3n) is 3.71. The lowest BCUT2D eigenvalue weighted by Crippen LogP contribution is -2.19. The minimum Gasteiger partial charge on any atom is -0.325 e. The molecule has 0 radical (unpaired) electrons. The van der Waals surface area contributed by atoms with E-state index < -0.39 is 5.91 Å². The molecule has 0 atom stereocenters. The molecule has 132 valence electrons. The van der Waals surface area contributed by atoms with E-state index in [2.05, 4.69) is 15.3 Å². The highest BCUT2D eigenvalue weighted by Gasteiger charge is 2.13. The van der Waals surface area contributed by atoms with E-state index in [1.54, 1.807) is 24.4 Å². The number of rotatable bonds is 5. The Morgan fingerprint density at radius 2 is 1.85 bits per heavy atom. The minimum atomic E-state index is -0.407. The summed E-state index contributed by atoms with van der Waals surface area (Å²) in [4.78, 5) is 23.0. The van der Waals surface area contributed by atoms with Gasteiger partial charge in [-0.2, -0.15) is 0 Å². The second-order valence-corrected chi connectivity index (χ2v) is 6.26. The standard InChI is InChI=1S/C19H16Cl2N4O/c1-2-25(14-6-4-3-5-7-14)18-12-22-17(11-23-18)19(26)24-16-10-13(20)8-9-15(16)21/h3-12H,2H2,1H3,(H,24,26). The molecule has 0 aliphatic rings. The van der Waals surface area contributed by atoms with Crippen LogP contribution in [0.15, 0.2) is 60.9 Å². The van der Waals surface area contributed by atoms with Crippen molar-refractivity contribution in [2.24, 2.45) is 0 Å². The lowest BCUT2D eigenvalue weighted by Gasteiger charge is -2.21. The molecule has 5 nitrogen and oxygen atoms in total. The van der Waals surface area contributed by atoms with E-state index in [0.717, 1.165) is 12.2 Å². The van der Waals surface area contributed by atoms with Crippen molar-refractivity contribution in [2.45, 2.75) is 6.92 Å². The zero-order chi connectivity index (χ0) is 18.5. The van der Waals surface area contributed by atoms with Gasteiger partial charge in [-0.3, -0.25) is 4.79 Å². The monoisotopic (exact) mass is 386 g/mol. The highest BCUT2D eigenvalue weighted by molar-refractivity contribution is 6.35. The van der Waals surface area contributed by atoms with Crippen molar-refractivity contribution < 1.29 is 4.79 Å². The predicted octanol–water partition coefficient (Wildman–Crippen LogP) is 5.19. The van der Waals surface area contributed by atoms with Gasteiger partial charge >= 0.3 is 0 Å². The Labute approximate surface area is 161 Å². The molecular formula is C19H16Cl2N4O. The molecule has 0 unspecified atom stereocenters. The SMILES string of the molecule is CCN(c1ccccc1)c1cnc(C(=O)Nc2cc(Cl)ccc2Cl)cn1. The molecule has 0 spiro atoms. The van der Waals surface area contributed by atoms with E-state index in [1.165, 1.54) is 6.20 Å². The predicted molar refractivity (Wildman–Crippen MR) is 106 cm³/mol. The Balaban J connectivity index is 1.78. The normalized spacial score (nSPS) is 10.4. The van der Waals surface area contributed by atoms with Crippen molar-refractivity contribution in [3.05, 3.63) is 76.7 Å². The van der Waals surface area contributed by atoms with E-state index >= 15 is 0 Å². The van der Waals surface area contributed by atoms with Crippen molar-refractivity contribution in [1.82, 2.24) is 9.97 Å². The first-order chi connectivity index (χ1) is 12.6. The number of hydrogen-bond donors (Lipinski definition) is 1. The molecule has 0 aliphatic carbocycles. The van der Waals surface area contributed by atoms with Crippen molar-refractivity contribution in [3.63, 3.8) is 0 Å². The molecule has 0 saturated carbocycles. The molecule has 1 amide bonds. The van der Waals surface area contributed by atoms with Gasteiger partial charge in [-0.1, -0.05) is 41.4 Å². The van der Waals surface area contributed by atoms with Gasteiger partial charge in [-0.25, -0.2) is 9.97 Å². The van der Waals surface area contributed by atoms with E-state index in [1.807, 2.05) is 42.2 Å². The van der Waals surface area contributed by atoms with Gasteiger partial charge in [-0.15, -0.1) is 0 Å². The number of nitrogens with zero attached hydrogens (tertiary/aromatic N) is 3. The summed E-state index contributed by atoms with van der Waals surface area (Å²) in [5, 5.41) is 3.57. The van der Waals surface area contributed by atoms with E-state index in [-0.39, 0.29) is 5.69 Å². The van der Waals surface area contributed by atoms with E-state index in [9.17, 15) is 4.79 Å². The van der Waals surface area contributed by atoms with Crippen LogP contribution in [0.25, 0.3) is 0 Å². The lowest BCUT2D eigenvalue weighted by atomic mass is 10.3. The fraction of sp³-hybridized carbons (Fsp3) is 0.105. The van der Waals surface area contributed by atoms with Gasteiger partial charge in [0.25, 0.3) is 5.91 Å². The molecule has 0 aliphatic heterocycles. The van der Waals surface area contributed by atoms with Gasteiger partial charge < -0.3 is 10.2 Å². The van der Waals surface area contributed by atoms with Gasteiger partial charge in [-0.05, 0) is 37.3 Å². The number of halogens is 2. The summed E-state index contributed by atoms with van der Waals surface area (Å²) in [6.07, 6.45) is 3.01.